The summed E-state index contributed by atoms with van der Waals surface area (Å²) in [6.07, 6.45) is 7.17. The van der Waals surface area contributed by atoms with Crippen LogP contribution in [-0.2, 0) is 10.0 Å². The Morgan fingerprint density at radius 2 is 1.84 bits per heavy atom. The molecule has 0 aliphatic rings. The molecule has 0 aliphatic heterocycles. The van der Waals surface area contributed by atoms with Gasteiger partial charge < -0.3 is 0 Å². The van der Waals surface area contributed by atoms with E-state index in [2.05, 4.69) is 26.6 Å². The van der Waals surface area contributed by atoms with E-state index in [9.17, 15) is 8.42 Å². The van der Waals surface area contributed by atoms with E-state index in [0.717, 1.165) is 6.42 Å². The fourth-order valence-corrected chi connectivity index (χ4v) is 4.42. The molecule has 19 heavy (non-hydrogen) atoms. The van der Waals surface area contributed by atoms with Crippen LogP contribution in [0.5, 0.6) is 0 Å². The van der Waals surface area contributed by atoms with Gasteiger partial charge in [0.05, 0.1) is 10.0 Å². The molecule has 1 aromatic rings. The van der Waals surface area contributed by atoms with Crippen LogP contribution in [0.3, 0.4) is 0 Å². The van der Waals surface area contributed by atoms with Gasteiger partial charge in [-0.15, -0.1) is 12.3 Å². The average molecular weight is 385 g/mol. The summed E-state index contributed by atoms with van der Waals surface area (Å²) in [6.45, 7) is 0.298. The summed E-state index contributed by atoms with van der Waals surface area (Å²) in [5.41, 5.74) is 0. The highest BCUT2D eigenvalue weighted by molar-refractivity contribution is 9.10. The van der Waals surface area contributed by atoms with Gasteiger partial charge in [-0.2, -0.15) is 0 Å². The molecule has 0 aromatic heterocycles. The molecule has 1 aromatic carbocycles. The Labute approximate surface area is 131 Å². The van der Waals surface area contributed by atoms with Crippen LogP contribution in [0.1, 0.15) is 19.3 Å². The molecular formula is C12H12BrCl2NO2S. The minimum atomic E-state index is -3.71. The summed E-state index contributed by atoms with van der Waals surface area (Å²) in [5.74, 6) is 2.50. The number of hydrogen-bond donors (Lipinski definition) is 1. The predicted octanol–water partition coefficient (Wildman–Crippen LogP) is 3.84. The van der Waals surface area contributed by atoms with Crippen LogP contribution < -0.4 is 4.72 Å². The van der Waals surface area contributed by atoms with E-state index >= 15 is 0 Å². The van der Waals surface area contributed by atoms with Crippen molar-refractivity contribution in [3.8, 4) is 12.3 Å². The summed E-state index contributed by atoms with van der Waals surface area (Å²) >= 11 is 15.0. The number of sulfonamides is 1. The van der Waals surface area contributed by atoms with Crippen molar-refractivity contribution in [3.05, 3.63) is 26.7 Å². The number of halogens is 3. The monoisotopic (exact) mass is 383 g/mol. The van der Waals surface area contributed by atoms with Crippen LogP contribution in [0.15, 0.2) is 21.5 Å². The number of benzene rings is 1. The third kappa shape index (κ3) is 4.97. The maximum Gasteiger partial charge on any atom is 0.243 e. The predicted molar refractivity (Wildman–Crippen MR) is 82.0 cm³/mol. The Balaban J connectivity index is 2.81. The number of hydrogen-bond acceptors (Lipinski definition) is 2. The summed E-state index contributed by atoms with van der Waals surface area (Å²) < 4.78 is 27.2. The molecule has 0 amide bonds. The van der Waals surface area contributed by atoms with Crippen LogP contribution in [0.25, 0.3) is 0 Å². The maximum atomic E-state index is 12.1. The van der Waals surface area contributed by atoms with Crippen LogP contribution in [0.2, 0.25) is 10.0 Å². The van der Waals surface area contributed by atoms with Crippen molar-refractivity contribution < 1.29 is 8.42 Å². The molecule has 0 aliphatic carbocycles. The average Bonchev–Trinajstić information content (AvgIpc) is 2.26. The molecular weight excluding hydrogens is 373 g/mol. The number of terminal acetylenes is 1. The smallest absolute Gasteiger partial charge is 0.211 e. The lowest BCUT2D eigenvalue weighted by molar-refractivity contribution is 0.577. The van der Waals surface area contributed by atoms with E-state index in [1.54, 1.807) is 0 Å². The zero-order chi connectivity index (χ0) is 14.5. The maximum absolute atomic E-state index is 12.1. The van der Waals surface area contributed by atoms with Crippen molar-refractivity contribution in [3.63, 3.8) is 0 Å². The molecule has 0 heterocycles. The first-order chi connectivity index (χ1) is 8.88. The molecule has 0 radical (unpaired) electrons. The normalized spacial score (nSPS) is 11.3. The standard InChI is InChI=1S/C12H12BrCl2NO2S/c1-2-3-4-5-6-16-19(17,18)12-10(14)7-9(13)8-11(12)15/h1,7-8,16H,3-6H2. The Kier molecular flexibility index (Phi) is 6.64. The Bertz CT molecular complexity index is 573. The van der Waals surface area contributed by atoms with Gasteiger partial charge in [0.15, 0.2) is 0 Å². The number of rotatable bonds is 6. The molecule has 104 valence electrons. The second-order valence-corrected chi connectivity index (χ2v) is 7.19. The minimum Gasteiger partial charge on any atom is -0.211 e. The largest absolute Gasteiger partial charge is 0.243 e. The van der Waals surface area contributed by atoms with E-state index in [4.69, 9.17) is 29.6 Å². The summed E-state index contributed by atoms with van der Waals surface area (Å²) in [6, 6.07) is 2.97. The van der Waals surface area contributed by atoms with Gasteiger partial charge in [0.1, 0.15) is 4.90 Å². The van der Waals surface area contributed by atoms with Gasteiger partial charge in [0, 0.05) is 17.4 Å². The van der Waals surface area contributed by atoms with Gasteiger partial charge in [-0.25, -0.2) is 13.1 Å². The Hall–Kier alpha value is -0.250. The zero-order valence-electron chi connectivity index (χ0n) is 9.92. The fraction of sp³-hybridized carbons (Fsp3) is 0.333. The van der Waals surface area contributed by atoms with Crippen LogP contribution in [0.4, 0.5) is 0 Å². The SMILES string of the molecule is C#CCCCCNS(=O)(=O)c1c(Cl)cc(Br)cc1Cl. The number of unbranched alkanes of at least 4 members (excludes halogenated alkanes) is 2. The first kappa shape index (κ1) is 16.8. The van der Waals surface area contributed by atoms with Gasteiger partial charge in [-0.1, -0.05) is 39.1 Å². The molecule has 0 saturated carbocycles. The first-order valence-electron chi connectivity index (χ1n) is 5.46. The van der Waals surface area contributed by atoms with Gasteiger partial charge >= 0.3 is 0 Å². The van der Waals surface area contributed by atoms with Gasteiger partial charge in [0.2, 0.25) is 10.0 Å². The van der Waals surface area contributed by atoms with Crippen molar-refractivity contribution in [1.82, 2.24) is 4.72 Å². The molecule has 0 fully saturated rings. The van der Waals surface area contributed by atoms with E-state index in [-0.39, 0.29) is 14.9 Å². The molecule has 1 rings (SSSR count). The lowest BCUT2D eigenvalue weighted by Gasteiger charge is -2.10. The lowest BCUT2D eigenvalue weighted by atomic mass is 10.2. The molecule has 0 saturated heterocycles. The molecule has 1 N–H and O–H groups in total. The molecule has 7 heteroatoms. The van der Waals surface area contributed by atoms with Gasteiger partial charge in [-0.3, -0.25) is 0 Å². The third-order valence-electron chi connectivity index (χ3n) is 2.27. The Morgan fingerprint density at radius 3 is 2.37 bits per heavy atom. The van der Waals surface area contributed by atoms with E-state index in [1.165, 1.54) is 12.1 Å². The van der Waals surface area contributed by atoms with Crippen molar-refractivity contribution in [1.29, 1.82) is 0 Å². The Morgan fingerprint density at radius 1 is 1.26 bits per heavy atom. The van der Waals surface area contributed by atoms with Gasteiger partial charge in [-0.05, 0) is 25.0 Å². The summed E-state index contributed by atoms with van der Waals surface area (Å²) in [5, 5.41) is 0.158. The second-order valence-electron chi connectivity index (χ2n) is 3.76. The van der Waals surface area contributed by atoms with Gasteiger partial charge in [0.25, 0.3) is 0 Å². The molecule has 0 unspecified atom stereocenters. The highest BCUT2D eigenvalue weighted by Gasteiger charge is 2.21. The molecule has 0 spiro atoms. The quantitative estimate of drug-likeness (QED) is 0.598. The van der Waals surface area contributed by atoms with E-state index < -0.39 is 10.0 Å². The minimum absolute atomic E-state index is 0.0792. The topological polar surface area (TPSA) is 46.2 Å². The molecule has 3 nitrogen and oxygen atoms in total. The first-order valence-corrected chi connectivity index (χ1v) is 8.49. The van der Waals surface area contributed by atoms with E-state index in [0.29, 0.717) is 23.9 Å². The van der Waals surface area contributed by atoms with Crippen molar-refractivity contribution in [2.75, 3.05) is 6.54 Å². The van der Waals surface area contributed by atoms with Crippen LogP contribution in [0, 0.1) is 12.3 Å². The zero-order valence-corrected chi connectivity index (χ0v) is 13.8. The number of nitrogens with one attached hydrogen (secondary N) is 1. The van der Waals surface area contributed by atoms with Crippen molar-refractivity contribution >= 4 is 49.2 Å². The summed E-state index contributed by atoms with van der Waals surface area (Å²) in [7, 11) is -3.71. The summed E-state index contributed by atoms with van der Waals surface area (Å²) in [4.78, 5) is -0.101. The fourth-order valence-electron chi connectivity index (χ4n) is 1.42. The highest BCUT2D eigenvalue weighted by atomic mass is 79.9. The highest BCUT2D eigenvalue weighted by Crippen LogP contribution is 2.32. The van der Waals surface area contributed by atoms with E-state index in [1.807, 2.05) is 0 Å². The molecule has 0 bridgehead atoms. The van der Waals surface area contributed by atoms with Crippen molar-refractivity contribution in [2.45, 2.75) is 24.2 Å². The third-order valence-corrected chi connectivity index (χ3v) is 5.11. The second kappa shape index (κ2) is 7.51. The van der Waals surface area contributed by atoms with Crippen molar-refractivity contribution in [2.24, 2.45) is 0 Å². The van der Waals surface area contributed by atoms with Crippen LogP contribution >= 0.6 is 39.1 Å². The van der Waals surface area contributed by atoms with Crippen LogP contribution in [-0.4, -0.2) is 15.0 Å². The lowest BCUT2D eigenvalue weighted by Crippen LogP contribution is -2.25. The molecule has 0 atom stereocenters.